The zero-order valence-corrected chi connectivity index (χ0v) is 39.4. The zero-order valence-electron chi connectivity index (χ0n) is 39.4. The van der Waals surface area contributed by atoms with Crippen molar-refractivity contribution in [2.24, 2.45) is 0 Å². The van der Waals surface area contributed by atoms with Gasteiger partial charge in [0.1, 0.15) is 47.2 Å². The molecule has 11 rings (SSSR count). The standard InChI is InChI=1S/C50H40F8N12O4/c1-23(2)67-20-34-25(9-11-38(66-34)49(53,54)55)29-15-60-48(69-21-64-41(43(29)69)45(67)71)63-18-32-37(74-4)10-8-26(40(32)52)27-13-35(27)68-19-24-12-39(50(56,57)58)59-14-28(24)30-16-61-47(70-22-65-42(44(30)70)46(68)72)62-17-31-33(51)6-5-7-36(31)73-3/h5-12,14-16,21-23,27,35H,13,17-20H2,1-4H3,(H,60,63)(H,61,62). The molecule has 3 aliphatic rings. The number of benzene rings is 2. The second-order valence-electron chi connectivity index (χ2n) is 18.2. The first-order chi connectivity index (χ1) is 35.4. The van der Waals surface area contributed by atoms with Gasteiger partial charge in [0.15, 0.2) is 11.4 Å². The highest BCUT2D eigenvalue weighted by atomic mass is 19.4. The number of amides is 2. The maximum atomic E-state index is 17.2. The van der Waals surface area contributed by atoms with Gasteiger partial charge in [-0.3, -0.25) is 23.4 Å². The maximum absolute atomic E-state index is 17.2. The number of hydrogen-bond acceptors (Lipinski definition) is 12. The molecule has 8 aromatic rings. The first-order valence-corrected chi connectivity index (χ1v) is 23.0. The number of imidazole rings is 2. The third-order valence-corrected chi connectivity index (χ3v) is 13.6. The molecule has 6 aromatic heterocycles. The second-order valence-corrected chi connectivity index (χ2v) is 18.2. The molecule has 1 saturated carbocycles. The van der Waals surface area contributed by atoms with Crippen LogP contribution < -0.4 is 20.1 Å². The molecule has 2 amide bonds. The summed E-state index contributed by atoms with van der Waals surface area (Å²) < 4.78 is 130. The van der Waals surface area contributed by atoms with Crippen molar-refractivity contribution >= 4 is 34.7 Å². The van der Waals surface area contributed by atoms with Crippen molar-refractivity contribution in [3.8, 4) is 33.8 Å². The lowest BCUT2D eigenvalue weighted by atomic mass is 9.98. The highest BCUT2D eigenvalue weighted by Gasteiger charge is 2.48. The predicted octanol–water partition coefficient (Wildman–Crippen LogP) is 9.33. The number of nitrogens with zero attached hydrogens (tertiary/aromatic N) is 10. The van der Waals surface area contributed by atoms with E-state index in [0.29, 0.717) is 11.1 Å². The lowest BCUT2D eigenvalue weighted by Crippen LogP contribution is -2.38. The fraction of sp³-hybridized carbons (Fsp3) is 0.280. The van der Waals surface area contributed by atoms with Crippen molar-refractivity contribution in [2.75, 3.05) is 24.9 Å². The number of aromatic nitrogens is 8. The van der Waals surface area contributed by atoms with Gasteiger partial charge in [0.2, 0.25) is 11.9 Å². The van der Waals surface area contributed by atoms with Crippen molar-refractivity contribution in [3.63, 3.8) is 0 Å². The molecule has 0 spiro atoms. The van der Waals surface area contributed by atoms with Crippen LogP contribution in [-0.4, -0.2) is 86.6 Å². The molecule has 1 aliphatic carbocycles. The molecule has 0 saturated heterocycles. The average molecular weight is 1020 g/mol. The number of carbonyl (C=O) groups is 2. The van der Waals surface area contributed by atoms with Gasteiger partial charge in [0.25, 0.3) is 11.8 Å². The van der Waals surface area contributed by atoms with Gasteiger partial charge >= 0.3 is 12.4 Å². The molecule has 2 aromatic carbocycles. The lowest BCUT2D eigenvalue weighted by molar-refractivity contribution is -0.142. The van der Waals surface area contributed by atoms with Crippen LogP contribution in [0.4, 0.5) is 47.0 Å². The van der Waals surface area contributed by atoms with E-state index in [9.17, 15) is 40.3 Å². The van der Waals surface area contributed by atoms with Gasteiger partial charge in [-0.15, -0.1) is 0 Å². The van der Waals surface area contributed by atoms with Crippen LogP contribution in [0.2, 0.25) is 0 Å². The van der Waals surface area contributed by atoms with Crippen LogP contribution in [-0.2, 0) is 38.5 Å². The first kappa shape index (κ1) is 47.9. The molecular formula is C50H40F8N12O4. The van der Waals surface area contributed by atoms with Crippen LogP contribution in [0.15, 0.2) is 79.8 Å². The number of carbonyl (C=O) groups excluding carboxylic acids is 2. The Morgan fingerprint density at radius 3 is 1.93 bits per heavy atom. The third-order valence-electron chi connectivity index (χ3n) is 13.6. The number of halogens is 8. The third kappa shape index (κ3) is 7.98. The smallest absolute Gasteiger partial charge is 0.433 e. The highest BCUT2D eigenvalue weighted by Crippen LogP contribution is 2.50. The molecule has 1 fully saturated rings. The van der Waals surface area contributed by atoms with Gasteiger partial charge in [-0.1, -0.05) is 18.2 Å². The summed E-state index contributed by atoms with van der Waals surface area (Å²) in [5, 5.41) is 6.16. The number of hydrogen-bond donors (Lipinski definition) is 2. The van der Waals surface area contributed by atoms with Crippen molar-refractivity contribution in [1.29, 1.82) is 0 Å². The number of methoxy groups -OCH3 is 2. The van der Waals surface area contributed by atoms with E-state index in [-0.39, 0.29) is 117 Å². The molecule has 2 aliphatic heterocycles. The number of nitrogens with one attached hydrogen (secondary N) is 2. The predicted molar refractivity (Wildman–Crippen MR) is 249 cm³/mol. The van der Waals surface area contributed by atoms with Crippen molar-refractivity contribution in [3.05, 3.63) is 142 Å². The summed E-state index contributed by atoms with van der Waals surface area (Å²) in [7, 11) is 2.74. The van der Waals surface area contributed by atoms with E-state index in [1.807, 2.05) is 0 Å². The van der Waals surface area contributed by atoms with Crippen LogP contribution in [0.5, 0.6) is 11.5 Å². The van der Waals surface area contributed by atoms with Gasteiger partial charge in [0, 0.05) is 89.6 Å². The molecule has 16 nitrogen and oxygen atoms in total. The number of alkyl halides is 6. The van der Waals surface area contributed by atoms with E-state index < -0.39 is 65.2 Å². The molecule has 2 unspecified atom stereocenters. The summed E-state index contributed by atoms with van der Waals surface area (Å²) in [5.41, 5.74) is -0.308. The Balaban J connectivity index is 0.923. The van der Waals surface area contributed by atoms with Gasteiger partial charge < -0.3 is 29.9 Å². The number of anilines is 2. The lowest BCUT2D eigenvalue weighted by Gasteiger charge is -2.29. The maximum Gasteiger partial charge on any atom is 0.433 e. The van der Waals surface area contributed by atoms with Crippen LogP contribution in [0.3, 0.4) is 0 Å². The minimum atomic E-state index is -4.83. The Morgan fingerprint density at radius 1 is 0.689 bits per heavy atom. The van der Waals surface area contributed by atoms with Crippen molar-refractivity contribution in [2.45, 2.75) is 76.8 Å². The van der Waals surface area contributed by atoms with Crippen LogP contribution in [0.25, 0.3) is 33.3 Å². The number of rotatable bonds is 11. The molecule has 74 heavy (non-hydrogen) atoms. The SMILES string of the molecule is COc1cccc(F)c1CNc1ncc2c3c(ncn13)C(=O)N(C1CC1c1ccc(OC)c(CNc3ncc4c5c(ncn35)C(=O)N(C(C)C)Cc3nc(C(F)(F)F)ccc3-4)c1F)Cc1cc(C(F)(F)F)ncc1-2. The summed E-state index contributed by atoms with van der Waals surface area (Å²) in [5.74, 6) is -2.47. The summed E-state index contributed by atoms with van der Waals surface area (Å²) >= 11 is 0. The zero-order chi connectivity index (χ0) is 52.1. The molecule has 24 heteroatoms. The molecule has 0 bridgehead atoms. The van der Waals surface area contributed by atoms with Gasteiger partial charge in [-0.2, -0.15) is 26.3 Å². The summed E-state index contributed by atoms with van der Waals surface area (Å²) in [4.78, 5) is 57.1. The van der Waals surface area contributed by atoms with E-state index in [2.05, 4.69) is 40.5 Å². The summed E-state index contributed by atoms with van der Waals surface area (Å²) in [6.07, 6.45) is -2.88. The van der Waals surface area contributed by atoms with E-state index >= 15 is 4.39 Å². The minimum Gasteiger partial charge on any atom is -0.496 e. The summed E-state index contributed by atoms with van der Waals surface area (Å²) in [6.45, 7) is 2.52. The molecular weight excluding hydrogens is 985 g/mol. The van der Waals surface area contributed by atoms with E-state index in [1.165, 1.54) is 82.1 Å². The molecule has 8 heterocycles. The summed E-state index contributed by atoms with van der Waals surface area (Å²) in [6, 6.07) is 9.25. The number of pyridine rings is 2. The Kier molecular flexibility index (Phi) is 11.4. The minimum absolute atomic E-state index is 0.00611. The Hall–Kier alpha value is -8.44. The highest BCUT2D eigenvalue weighted by molar-refractivity contribution is 6.05. The number of fused-ring (bicyclic) bond motifs is 4. The Bertz CT molecular complexity index is 3610. The molecule has 0 radical (unpaired) electrons. The number of ether oxygens (including phenoxy) is 2. The van der Waals surface area contributed by atoms with Crippen LogP contribution >= 0.6 is 0 Å². The van der Waals surface area contributed by atoms with Crippen LogP contribution in [0, 0.1) is 11.6 Å². The fourth-order valence-electron chi connectivity index (χ4n) is 9.86. The molecule has 2 atom stereocenters. The fourth-order valence-corrected chi connectivity index (χ4v) is 9.86. The first-order valence-electron chi connectivity index (χ1n) is 23.0. The normalized spacial score (nSPS) is 16.4. The monoisotopic (exact) mass is 1020 g/mol. The van der Waals surface area contributed by atoms with E-state index in [4.69, 9.17) is 9.47 Å². The second kappa shape index (κ2) is 17.7. The van der Waals surface area contributed by atoms with E-state index in [1.54, 1.807) is 26.0 Å². The van der Waals surface area contributed by atoms with Gasteiger partial charge in [-0.05, 0) is 61.7 Å². The van der Waals surface area contributed by atoms with Crippen molar-refractivity contribution < 1.29 is 54.2 Å². The van der Waals surface area contributed by atoms with Crippen molar-refractivity contribution in [1.82, 2.24) is 48.5 Å². The largest absolute Gasteiger partial charge is 0.496 e. The van der Waals surface area contributed by atoms with Gasteiger partial charge in [0.05, 0.1) is 37.5 Å². The van der Waals surface area contributed by atoms with E-state index in [0.717, 1.165) is 18.3 Å². The van der Waals surface area contributed by atoms with Crippen LogP contribution in [0.1, 0.15) is 86.5 Å². The topological polar surface area (TPSA) is 169 Å². The Morgan fingerprint density at radius 2 is 1.30 bits per heavy atom. The Labute approximate surface area is 414 Å². The molecule has 380 valence electrons. The average Bonchev–Trinajstić information content (AvgIpc) is 3.79. The molecule has 2 N–H and O–H groups in total. The van der Waals surface area contributed by atoms with Gasteiger partial charge in [-0.25, -0.2) is 33.7 Å². The quantitative estimate of drug-likeness (QED) is 0.118.